The number of benzene rings is 1. The number of ether oxygens (including phenoxy) is 1. The highest BCUT2D eigenvalue weighted by atomic mass is 16.5. The van der Waals surface area contributed by atoms with E-state index in [1.54, 1.807) is 5.56 Å². The fraction of sp³-hybridized carbons (Fsp3) is 0.684. The van der Waals surface area contributed by atoms with Crippen LogP contribution in [0.5, 0.6) is 0 Å². The lowest BCUT2D eigenvalue weighted by Gasteiger charge is -2.31. The Hall–Kier alpha value is -0.820. The van der Waals surface area contributed by atoms with E-state index in [2.05, 4.69) is 38.1 Å². The fourth-order valence-electron chi connectivity index (χ4n) is 4.97. The van der Waals surface area contributed by atoms with Gasteiger partial charge in [0, 0.05) is 0 Å². The van der Waals surface area contributed by atoms with Crippen LogP contribution in [-0.4, -0.2) is 6.10 Å². The largest absolute Gasteiger partial charge is 0.367 e. The molecule has 0 aromatic heterocycles. The molecule has 5 atom stereocenters. The number of fused-ring (bicyclic) bond motifs is 2. The second-order valence-electron chi connectivity index (χ2n) is 7.55. The van der Waals surface area contributed by atoms with Crippen LogP contribution in [-0.2, 0) is 10.3 Å². The first-order chi connectivity index (χ1) is 9.67. The van der Waals surface area contributed by atoms with Gasteiger partial charge in [-0.2, -0.15) is 0 Å². The van der Waals surface area contributed by atoms with Crippen molar-refractivity contribution in [3.05, 3.63) is 35.4 Å². The molecule has 2 heterocycles. The maximum absolute atomic E-state index is 6.40. The topological polar surface area (TPSA) is 9.23 Å². The molecule has 0 radical (unpaired) electrons. The average Bonchev–Trinajstić information content (AvgIpc) is 3.13. The molecule has 1 nitrogen and oxygen atoms in total. The van der Waals surface area contributed by atoms with E-state index in [1.807, 2.05) is 0 Å². The standard InChI is InChI=1S/C19H26O/c1-13-6-7-16(10-13)15-4-3-5-17(12-15)19-9-8-18(20-19)11-14(19)2/h3-5,12-14,16,18H,6-11H2,1-2H3. The molecule has 1 saturated carbocycles. The zero-order valence-corrected chi connectivity index (χ0v) is 12.8. The molecule has 20 heavy (non-hydrogen) atoms. The van der Waals surface area contributed by atoms with Crippen molar-refractivity contribution in [1.82, 2.24) is 0 Å². The highest BCUT2D eigenvalue weighted by Gasteiger charge is 2.52. The van der Waals surface area contributed by atoms with Crippen LogP contribution >= 0.6 is 0 Å². The monoisotopic (exact) mass is 270 g/mol. The van der Waals surface area contributed by atoms with Gasteiger partial charge in [-0.1, -0.05) is 44.5 Å². The number of rotatable bonds is 2. The van der Waals surface area contributed by atoms with Gasteiger partial charge in [-0.05, 0) is 61.0 Å². The first kappa shape index (κ1) is 12.9. The van der Waals surface area contributed by atoms with E-state index in [4.69, 9.17) is 4.74 Å². The van der Waals surface area contributed by atoms with Crippen LogP contribution in [0.25, 0.3) is 0 Å². The molecule has 2 bridgehead atoms. The third kappa shape index (κ3) is 1.86. The molecule has 1 aromatic rings. The first-order valence-corrected chi connectivity index (χ1v) is 8.45. The van der Waals surface area contributed by atoms with E-state index < -0.39 is 0 Å². The Morgan fingerprint density at radius 3 is 2.65 bits per heavy atom. The van der Waals surface area contributed by atoms with Crippen LogP contribution in [0.4, 0.5) is 0 Å². The normalized spacial score (nSPS) is 43.3. The Morgan fingerprint density at radius 1 is 1.10 bits per heavy atom. The Kier molecular flexibility index (Phi) is 2.96. The van der Waals surface area contributed by atoms with Crippen molar-refractivity contribution in [3.8, 4) is 0 Å². The maximum atomic E-state index is 6.40. The quantitative estimate of drug-likeness (QED) is 0.734. The van der Waals surface area contributed by atoms with Gasteiger partial charge in [-0.15, -0.1) is 0 Å². The number of hydrogen-bond acceptors (Lipinski definition) is 1. The van der Waals surface area contributed by atoms with Crippen LogP contribution in [0, 0.1) is 11.8 Å². The van der Waals surface area contributed by atoms with E-state index in [-0.39, 0.29) is 5.60 Å². The van der Waals surface area contributed by atoms with Gasteiger partial charge < -0.3 is 4.74 Å². The van der Waals surface area contributed by atoms with Crippen LogP contribution in [0.15, 0.2) is 24.3 Å². The lowest BCUT2D eigenvalue weighted by molar-refractivity contribution is -0.00957. The summed E-state index contributed by atoms with van der Waals surface area (Å²) in [5.74, 6) is 2.37. The Morgan fingerprint density at radius 2 is 2.00 bits per heavy atom. The van der Waals surface area contributed by atoms with Crippen molar-refractivity contribution in [2.24, 2.45) is 11.8 Å². The highest BCUT2D eigenvalue weighted by Crippen LogP contribution is 2.54. The fourth-order valence-corrected chi connectivity index (χ4v) is 4.97. The lowest BCUT2D eigenvalue weighted by Crippen LogP contribution is -2.29. The third-order valence-electron chi connectivity index (χ3n) is 6.17. The Balaban J connectivity index is 1.66. The molecule has 0 spiro atoms. The third-order valence-corrected chi connectivity index (χ3v) is 6.17. The van der Waals surface area contributed by atoms with Gasteiger partial charge in [-0.25, -0.2) is 0 Å². The van der Waals surface area contributed by atoms with E-state index in [0.29, 0.717) is 12.0 Å². The molecule has 108 valence electrons. The minimum absolute atomic E-state index is 0.0465. The molecule has 2 aliphatic heterocycles. The van der Waals surface area contributed by atoms with Gasteiger partial charge in [0.05, 0.1) is 11.7 Å². The van der Waals surface area contributed by atoms with Gasteiger partial charge in [0.1, 0.15) is 0 Å². The summed E-state index contributed by atoms with van der Waals surface area (Å²) >= 11 is 0. The van der Waals surface area contributed by atoms with Crippen LogP contribution in [0.3, 0.4) is 0 Å². The summed E-state index contributed by atoms with van der Waals surface area (Å²) in [6.45, 7) is 4.77. The summed E-state index contributed by atoms with van der Waals surface area (Å²) in [6.07, 6.45) is 8.41. The SMILES string of the molecule is CC1CCC(c2cccc(C34CCC(CC3C)O4)c2)C1. The van der Waals surface area contributed by atoms with Gasteiger partial charge in [0.25, 0.3) is 0 Å². The van der Waals surface area contributed by atoms with Crippen molar-refractivity contribution < 1.29 is 4.74 Å². The van der Waals surface area contributed by atoms with Gasteiger partial charge in [0.15, 0.2) is 0 Å². The smallest absolute Gasteiger partial charge is 0.0962 e. The molecule has 1 heteroatoms. The average molecular weight is 270 g/mol. The first-order valence-electron chi connectivity index (χ1n) is 8.45. The minimum Gasteiger partial charge on any atom is -0.367 e. The van der Waals surface area contributed by atoms with Crippen LogP contribution < -0.4 is 0 Å². The molecular formula is C19H26O. The second kappa shape index (κ2) is 4.59. The van der Waals surface area contributed by atoms with E-state index in [9.17, 15) is 0 Å². The predicted octanol–water partition coefficient (Wildman–Crippen LogP) is 5.00. The summed E-state index contributed by atoms with van der Waals surface area (Å²) in [5.41, 5.74) is 3.07. The highest BCUT2D eigenvalue weighted by molar-refractivity contribution is 5.33. The molecule has 3 fully saturated rings. The van der Waals surface area contributed by atoms with Crippen molar-refractivity contribution in [2.45, 2.75) is 70.0 Å². The lowest BCUT2D eigenvalue weighted by atomic mass is 9.74. The minimum atomic E-state index is 0.0465. The van der Waals surface area contributed by atoms with Crippen molar-refractivity contribution >= 4 is 0 Å². The molecule has 0 N–H and O–H groups in total. The zero-order chi connectivity index (χ0) is 13.7. The molecule has 1 aromatic carbocycles. The Bertz CT molecular complexity index is 508. The van der Waals surface area contributed by atoms with Crippen molar-refractivity contribution in [2.75, 3.05) is 0 Å². The molecular weight excluding hydrogens is 244 g/mol. The van der Waals surface area contributed by atoms with Crippen LogP contribution in [0.1, 0.15) is 69.4 Å². The molecule has 5 unspecified atom stereocenters. The van der Waals surface area contributed by atoms with E-state index in [1.165, 1.54) is 44.1 Å². The predicted molar refractivity (Wildman–Crippen MR) is 81.8 cm³/mol. The van der Waals surface area contributed by atoms with Gasteiger partial charge >= 0.3 is 0 Å². The summed E-state index contributed by atoms with van der Waals surface area (Å²) in [5, 5.41) is 0. The van der Waals surface area contributed by atoms with Crippen molar-refractivity contribution in [3.63, 3.8) is 0 Å². The maximum Gasteiger partial charge on any atom is 0.0962 e. The second-order valence-corrected chi connectivity index (χ2v) is 7.55. The van der Waals surface area contributed by atoms with Gasteiger partial charge in [-0.3, -0.25) is 0 Å². The summed E-state index contributed by atoms with van der Waals surface area (Å²) in [6, 6.07) is 9.40. The van der Waals surface area contributed by atoms with Crippen LogP contribution in [0.2, 0.25) is 0 Å². The molecule has 4 rings (SSSR count). The molecule has 1 aliphatic carbocycles. The summed E-state index contributed by atoms with van der Waals surface area (Å²) < 4.78 is 6.40. The number of hydrogen-bond donors (Lipinski definition) is 0. The zero-order valence-electron chi connectivity index (χ0n) is 12.8. The van der Waals surface area contributed by atoms with E-state index in [0.717, 1.165) is 11.8 Å². The van der Waals surface area contributed by atoms with E-state index >= 15 is 0 Å². The van der Waals surface area contributed by atoms with Crippen molar-refractivity contribution in [1.29, 1.82) is 0 Å². The molecule has 2 saturated heterocycles. The summed E-state index contributed by atoms with van der Waals surface area (Å²) in [4.78, 5) is 0. The molecule has 3 aliphatic rings. The van der Waals surface area contributed by atoms with Gasteiger partial charge in [0.2, 0.25) is 0 Å². The Labute approximate surface area is 122 Å². The summed E-state index contributed by atoms with van der Waals surface area (Å²) in [7, 11) is 0. The molecule has 0 amide bonds.